The Balaban J connectivity index is 0.00000112. The van der Waals surface area contributed by atoms with Gasteiger partial charge in [0.1, 0.15) is 0 Å². The third-order valence-corrected chi connectivity index (χ3v) is 4.50. The van der Waals surface area contributed by atoms with E-state index in [1.165, 1.54) is 6.42 Å². The summed E-state index contributed by atoms with van der Waals surface area (Å²) in [6.45, 7) is 1.56. The maximum Gasteiger partial charge on any atom is 0.235 e. The lowest BCUT2D eigenvalue weighted by molar-refractivity contribution is -0.131. The second-order valence-corrected chi connectivity index (χ2v) is 5.38. The summed E-state index contributed by atoms with van der Waals surface area (Å²) >= 11 is 1.82. The zero-order valence-electron chi connectivity index (χ0n) is 8.85. The minimum atomic E-state index is 0. The molecule has 0 radical (unpaired) electrons. The second kappa shape index (κ2) is 5.97. The topological polar surface area (TPSA) is 46.3 Å². The van der Waals surface area contributed by atoms with Crippen LogP contribution in [0.2, 0.25) is 0 Å². The molecule has 0 aromatic rings. The molecule has 2 aliphatic rings. The van der Waals surface area contributed by atoms with E-state index in [0.29, 0.717) is 18.5 Å². The van der Waals surface area contributed by atoms with Gasteiger partial charge >= 0.3 is 0 Å². The van der Waals surface area contributed by atoms with E-state index in [9.17, 15) is 4.79 Å². The molecule has 2 unspecified atom stereocenters. The van der Waals surface area contributed by atoms with Gasteiger partial charge in [0.2, 0.25) is 5.91 Å². The number of nitrogens with two attached hydrogens (primary N) is 1. The molecule has 0 bridgehead atoms. The Kier molecular flexibility index (Phi) is 5.23. The molecule has 2 N–H and O–H groups in total. The molecule has 2 atom stereocenters. The van der Waals surface area contributed by atoms with Crippen molar-refractivity contribution in [3.8, 4) is 0 Å². The first-order chi connectivity index (χ1) is 6.83. The Labute approximate surface area is 102 Å². The maximum absolute atomic E-state index is 12.1. The average Bonchev–Trinajstić information content (AvgIpc) is 2.87. The van der Waals surface area contributed by atoms with Crippen LogP contribution < -0.4 is 5.73 Å². The molecular formula is C10H19ClN2OS. The number of nitrogens with zero attached hydrogens (tertiary/aromatic N) is 1. The number of thioether (sulfide) groups is 1. The van der Waals surface area contributed by atoms with Crippen LogP contribution in [-0.2, 0) is 4.79 Å². The number of likely N-dealkylation sites (tertiary alicyclic amines) is 1. The van der Waals surface area contributed by atoms with Crippen molar-refractivity contribution in [1.82, 2.24) is 4.90 Å². The third kappa shape index (κ3) is 2.80. The summed E-state index contributed by atoms with van der Waals surface area (Å²) in [6.07, 6.45) is 4.49. The number of rotatable bonds is 2. The molecular weight excluding hydrogens is 232 g/mol. The standard InChI is InChI=1S/C10H18N2OS.ClH/c11-7-8-3-1-5-12(8)10(13)9-4-2-6-14-9;/h8-9H,1-7,11H2;1H. The van der Waals surface area contributed by atoms with Gasteiger partial charge in [-0.05, 0) is 31.4 Å². The van der Waals surface area contributed by atoms with Crippen molar-refractivity contribution in [2.75, 3.05) is 18.8 Å². The first-order valence-electron chi connectivity index (χ1n) is 5.45. The monoisotopic (exact) mass is 250 g/mol. The van der Waals surface area contributed by atoms with E-state index in [-0.39, 0.29) is 17.7 Å². The van der Waals surface area contributed by atoms with E-state index < -0.39 is 0 Å². The van der Waals surface area contributed by atoms with Gasteiger partial charge in [-0.3, -0.25) is 4.79 Å². The van der Waals surface area contributed by atoms with E-state index in [1.54, 1.807) is 0 Å². The molecule has 2 saturated heterocycles. The van der Waals surface area contributed by atoms with Crippen LogP contribution in [0.3, 0.4) is 0 Å². The fourth-order valence-electron chi connectivity index (χ4n) is 2.33. The van der Waals surface area contributed by atoms with E-state index >= 15 is 0 Å². The number of carbonyl (C=O) groups is 1. The molecule has 1 amide bonds. The number of hydrogen-bond acceptors (Lipinski definition) is 3. The Morgan fingerprint density at radius 2 is 2.20 bits per heavy atom. The molecule has 3 nitrogen and oxygen atoms in total. The quantitative estimate of drug-likeness (QED) is 0.803. The Morgan fingerprint density at radius 3 is 2.80 bits per heavy atom. The van der Waals surface area contributed by atoms with Gasteiger partial charge in [-0.15, -0.1) is 24.2 Å². The summed E-state index contributed by atoms with van der Waals surface area (Å²) in [6, 6.07) is 0.323. The van der Waals surface area contributed by atoms with E-state index in [2.05, 4.69) is 0 Å². The Morgan fingerprint density at radius 1 is 1.40 bits per heavy atom. The Hall–Kier alpha value is 0.0700. The maximum atomic E-state index is 12.1. The van der Waals surface area contributed by atoms with Crippen LogP contribution in [0.1, 0.15) is 25.7 Å². The highest BCUT2D eigenvalue weighted by molar-refractivity contribution is 8.00. The highest BCUT2D eigenvalue weighted by Gasteiger charge is 2.33. The predicted octanol–water partition coefficient (Wildman–Crippen LogP) is 1.25. The molecule has 0 saturated carbocycles. The van der Waals surface area contributed by atoms with Crippen LogP contribution in [0.25, 0.3) is 0 Å². The second-order valence-electron chi connectivity index (χ2n) is 4.07. The van der Waals surface area contributed by atoms with Crippen molar-refractivity contribution in [2.45, 2.75) is 37.0 Å². The van der Waals surface area contributed by atoms with Gasteiger partial charge in [-0.2, -0.15) is 0 Å². The zero-order valence-corrected chi connectivity index (χ0v) is 10.5. The van der Waals surface area contributed by atoms with Gasteiger partial charge in [0, 0.05) is 19.1 Å². The largest absolute Gasteiger partial charge is 0.337 e. The van der Waals surface area contributed by atoms with Gasteiger partial charge in [-0.25, -0.2) is 0 Å². The lowest BCUT2D eigenvalue weighted by Gasteiger charge is -2.25. The fraction of sp³-hybridized carbons (Fsp3) is 0.900. The number of carbonyl (C=O) groups excluding carboxylic acids is 1. The van der Waals surface area contributed by atoms with E-state index in [4.69, 9.17) is 5.73 Å². The lowest BCUT2D eigenvalue weighted by Crippen LogP contribution is -2.43. The molecule has 0 spiro atoms. The summed E-state index contributed by atoms with van der Waals surface area (Å²) in [7, 11) is 0. The normalized spacial score (nSPS) is 30.3. The van der Waals surface area contributed by atoms with Crippen LogP contribution in [0.15, 0.2) is 0 Å². The van der Waals surface area contributed by atoms with Crippen LogP contribution in [-0.4, -0.2) is 40.9 Å². The average molecular weight is 251 g/mol. The van der Waals surface area contributed by atoms with Crippen LogP contribution in [0, 0.1) is 0 Å². The fourth-order valence-corrected chi connectivity index (χ4v) is 3.56. The van der Waals surface area contributed by atoms with E-state index in [1.807, 2.05) is 16.7 Å². The molecule has 88 valence electrons. The van der Waals surface area contributed by atoms with Crippen LogP contribution in [0.4, 0.5) is 0 Å². The van der Waals surface area contributed by atoms with Crippen LogP contribution >= 0.6 is 24.2 Å². The first-order valence-corrected chi connectivity index (χ1v) is 6.50. The molecule has 2 heterocycles. The first kappa shape index (κ1) is 13.1. The summed E-state index contributed by atoms with van der Waals surface area (Å²) in [5.74, 6) is 1.50. The minimum Gasteiger partial charge on any atom is -0.337 e. The summed E-state index contributed by atoms with van der Waals surface area (Å²) in [5.41, 5.74) is 5.66. The van der Waals surface area contributed by atoms with Gasteiger partial charge in [-0.1, -0.05) is 0 Å². The van der Waals surface area contributed by atoms with E-state index in [0.717, 1.165) is 31.6 Å². The van der Waals surface area contributed by atoms with Crippen molar-refractivity contribution < 1.29 is 4.79 Å². The molecule has 2 fully saturated rings. The number of hydrogen-bond donors (Lipinski definition) is 1. The van der Waals surface area contributed by atoms with Gasteiger partial charge in [0.25, 0.3) is 0 Å². The molecule has 2 aliphatic heterocycles. The smallest absolute Gasteiger partial charge is 0.235 e. The highest BCUT2D eigenvalue weighted by Crippen LogP contribution is 2.30. The lowest BCUT2D eigenvalue weighted by atomic mass is 10.2. The SMILES string of the molecule is Cl.NCC1CCCN1C(=O)C1CCCS1. The van der Waals surface area contributed by atoms with Crippen molar-refractivity contribution >= 4 is 30.1 Å². The summed E-state index contributed by atoms with van der Waals surface area (Å²) in [5, 5.41) is 0.238. The highest BCUT2D eigenvalue weighted by atomic mass is 35.5. The molecule has 2 rings (SSSR count). The van der Waals surface area contributed by atoms with Crippen molar-refractivity contribution in [3.05, 3.63) is 0 Å². The third-order valence-electron chi connectivity index (χ3n) is 3.14. The minimum absolute atomic E-state index is 0. The molecule has 0 aromatic heterocycles. The predicted molar refractivity (Wildman–Crippen MR) is 66.5 cm³/mol. The molecule has 0 aliphatic carbocycles. The Bertz CT molecular complexity index is 221. The van der Waals surface area contributed by atoms with Gasteiger partial charge in [0.05, 0.1) is 5.25 Å². The molecule has 0 aromatic carbocycles. The summed E-state index contributed by atoms with van der Waals surface area (Å²) in [4.78, 5) is 14.1. The van der Waals surface area contributed by atoms with Gasteiger partial charge in [0.15, 0.2) is 0 Å². The molecule has 5 heteroatoms. The zero-order chi connectivity index (χ0) is 9.97. The van der Waals surface area contributed by atoms with Crippen molar-refractivity contribution in [3.63, 3.8) is 0 Å². The summed E-state index contributed by atoms with van der Waals surface area (Å²) < 4.78 is 0. The molecule has 15 heavy (non-hydrogen) atoms. The van der Waals surface area contributed by atoms with Crippen molar-refractivity contribution in [2.24, 2.45) is 5.73 Å². The van der Waals surface area contributed by atoms with Gasteiger partial charge < -0.3 is 10.6 Å². The number of amides is 1. The number of halogens is 1. The van der Waals surface area contributed by atoms with Crippen molar-refractivity contribution in [1.29, 1.82) is 0 Å². The van der Waals surface area contributed by atoms with Crippen LogP contribution in [0.5, 0.6) is 0 Å².